The number of hydrogen-bond donors (Lipinski definition) is 1. The number of rotatable bonds is 4. The molecule has 1 unspecified atom stereocenters. The Morgan fingerprint density at radius 2 is 2.24 bits per heavy atom. The Kier molecular flexibility index (Phi) is 2.61. The van der Waals surface area contributed by atoms with Gasteiger partial charge in [-0.25, -0.2) is 4.98 Å². The standard InChI is InChI=1S/C13H17N3O/c1-17-8-10(14)13-15-11-4-2-3-5-12(11)16(13)9-6-7-9/h2-5,9-10H,6-8,14H2,1H3. The first-order chi connectivity index (χ1) is 8.31. The van der Waals surface area contributed by atoms with Crippen LogP contribution >= 0.6 is 0 Å². The molecule has 1 heterocycles. The van der Waals surface area contributed by atoms with E-state index in [1.807, 2.05) is 12.1 Å². The number of methoxy groups -OCH3 is 1. The summed E-state index contributed by atoms with van der Waals surface area (Å²) in [4.78, 5) is 4.65. The molecule has 1 aliphatic rings. The summed E-state index contributed by atoms with van der Waals surface area (Å²) in [6, 6.07) is 8.65. The molecule has 0 aliphatic heterocycles. The van der Waals surface area contributed by atoms with Gasteiger partial charge in [-0.1, -0.05) is 12.1 Å². The first-order valence-corrected chi connectivity index (χ1v) is 6.02. The summed E-state index contributed by atoms with van der Waals surface area (Å²) in [7, 11) is 1.67. The quantitative estimate of drug-likeness (QED) is 0.875. The summed E-state index contributed by atoms with van der Waals surface area (Å²) in [6.45, 7) is 0.510. The van der Waals surface area contributed by atoms with E-state index in [0.29, 0.717) is 12.6 Å². The van der Waals surface area contributed by atoms with E-state index in [9.17, 15) is 0 Å². The fourth-order valence-corrected chi connectivity index (χ4v) is 2.30. The van der Waals surface area contributed by atoms with Crippen molar-refractivity contribution >= 4 is 11.0 Å². The average Bonchev–Trinajstić information content (AvgIpc) is 3.09. The maximum absolute atomic E-state index is 6.13. The third-order valence-electron chi connectivity index (χ3n) is 3.21. The van der Waals surface area contributed by atoms with E-state index in [-0.39, 0.29) is 6.04 Å². The number of fused-ring (bicyclic) bond motifs is 1. The first-order valence-electron chi connectivity index (χ1n) is 6.02. The molecule has 4 heteroatoms. The Balaban J connectivity index is 2.12. The molecule has 0 amide bonds. The minimum Gasteiger partial charge on any atom is -0.383 e. The second-order valence-corrected chi connectivity index (χ2v) is 4.62. The minimum absolute atomic E-state index is 0.145. The summed E-state index contributed by atoms with van der Waals surface area (Å²) in [5.74, 6) is 0.954. The number of hydrogen-bond acceptors (Lipinski definition) is 3. The predicted octanol–water partition coefficient (Wildman–Crippen LogP) is 2.02. The van der Waals surface area contributed by atoms with Crippen LogP contribution in [0.2, 0.25) is 0 Å². The molecule has 1 fully saturated rings. The van der Waals surface area contributed by atoms with Crippen LogP contribution in [0.15, 0.2) is 24.3 Å². The topological polar surface area (TPSA) is 53.1 Å². The zero-order chi connectivity index (χ0) is 11.8. The highest BCUT2D eigenvalue weighted by Crippen LogP contribution is 2.39. The lowest BCUT2D eigenvalue weighted by Crippen LogP contribution is -2.20. The van der Waals surface area contributed by atoms with E-state index in [0.717, 1.165) is 11.3 Å². The molecule has 1 atom stereocenters. The molecule has 0 spiro atoms. The van der Waals surface area contributed by atoms with Gasteiger partial charge in [0.15, 0.2) is 0 Å². The molecule has 1 aromatic heterocycles. The number of nitrogens with two attached hydrogens (primary N) is 1. The number of nitrogens with zero attached hydrogens (tertiary/aromatic N) is 2. The van der Waals surface area contributed by atoms with E-state index >= 15 is 0 Å². The highest BCUT2D eigenvalue weighted by molar-refractivity contribution is 5.76. The van der Waals surface area contributed by atoms with E-state index in [2.05, 4.69) is 21.7 Å². The number of benzene rings is 1. The van der Waals surface area contributed by atoms with E-state index in [1.54, 1.807) is 7.11 Å². The van der Waals surface area contributed by atoms with Crippen LogP contribution in [0.3, 0.4) is 0 Å². The molecule has 2 N–H and O–H groups in total. The predicted molar refractivity (Wildman–Crippen MR) is 66.8 cm³/mol. The number of ether oxygens (including phenoxy) is 1. The summed E-state index contributed by atoms with van der Waals surface area (Å²) in [5.41, 5.74) is 8.35. The molecule has 1 saturated carbocycles. The number of aromatic nitrogens is 2. The van der Waals surface area contributed by atoms with Crippen molar-refractivity contribution in [3.05, 3.63) is 30.1 Å². The van der Waals surface area contributed by atoms with Gasteiger partial charge in [-0.15, -0.1) is 0 Å². The molecule has 0 radical (unpaired) electrons. The lowest BCUT2D eigenvalue weighted by atomic mass is 10.3. The fourth-order valence-electron chi connectivity index (χ4n) is 2.30. The lowest BCUT2D eigenvalue weighted by Gasteiger charge is -2.13. The summed E-state index contributed by atoms with van der Waals surface area (Å²) in [6.07, 6.45) is 2.46. The monoisotopic (exact) mass is 231 g/mol. The second kappa shape index (κ2) is 4.13. The van der Waals surface area contributed by atoms with Crippen molar-refractivity contribution in [3.8, 4) is 0 Å². The van der Waals surface area contributed by atoms with Crippen molar-refractivity contribution in [1.29, 1.82) is 0 Å². The summed E-state index contributed by atoms with van der Waals surface area (Å²) in [5, 5.41) is 0. The Morgan fingerprint density at radius 1 is 1.47 bits per heavy atom. The van der Waals surface area contributed by atoms with Gasteiger partial charge in [-0.05, 0) is 25.0 Å². The maximum Gasteiger partial charge on any atom is 0.129 e. The van der Waals surface area contributed by atoms with Gasteiger partial charge in [0.05, 0.1) is 23.7 Å². The Bertz CT molecular complexity index is 530. The first kappa shape index (κ1) is 10.7. The fraction of sp³-hybridized carbons (Fsp3) is 0.462. The maximum atomic E-state index is 6.13. The SMILES string of the molecule is COCC(N)c1nc2ccccc2n1C1CC1. The van der Waals surface area contributed by atoms with E-state index in [1.165, 1.54) is 18.4 Å². The number of para-hydroxylation sites is 2. The summed E-state index contributed by atoms with van der Waals surface area (Å²) >= 11 is 0. The van der Waals surface area contributed by atoms with E-state index < -0.39 is 0 Å². The second-order valence-electron chi connectivity index (χ2n) is 4.62. The van der Waals surface area contributed by atoms with Crippen molar-refractivity contribution in [2.24, 2.45) is 5.73 Å². The smallest absolute Gasteiger partial charge is 0.129 e. The highest BCUT2D eigenvalue weighted by atomic mass is 16.5. The van der Waals surface area contributed by atoms with Crippen LogP contribution in [-0.2, 0) is 4.74 Å². The molecule has 0 bridgehead atoms. The van der Waals surface area contributed by atoms with Crippen LogP contribution in [0.5, 0.6) is 0 Å². The zero-order valence-electron chi connectivity index (χ0n) is 9.97. The molecule has 1 aromatic carbocycles. The van der Waals surface area contributed by atoms with Gasteiger partial charge in [0.2, 0.25) is 0 Å². The molecule has 2 aromatic rings. The highest BCUT2D eigenvalue weighted by Gasteiger charge is 2.29. The average molecular weight is 231 g/mol. The van der Waals surface area contributed by atoms with Gasteiger partial charge in [0, 0.05) is 13.2 Å². The van der Waals surface area contributed by atoms with Gasteiger partial charge < -0.3 is 15.0 Å². The molecular formula is C13H17N3O. The zero-order valence-corrected chi connectivity index (χ0v) is 9.97. The van der Waals surface area contributed by atoms with Crippen LogP contribution in [-0.4, -0.2) is 23.3 Å². The van der Waals surface area contributed by atoms with Crippen LogP contribution in [0.25, 0.3) is 11.0 Å². The molecule has 1 aliphatic carbocycles. The lowest BCUT2D eigenvalue weighted by molar-refractivity contribution is 0.177. The summed E-state index contributed by atoms with van der Waals surface area (Å²) < 4.78 is 7.42. The largest absolute Gasteiger partial charge is 0.383 e. The van der Waals surface area contributed by atoms with Crippen LogP contribution in [0.1, 0.15) is 30.7 Å². The van der Waals surface area contributed by atoms with Crippen LogP contribution in [0, 0.1) is 0 Å². The van der Waals surface area contributed by atoms with Gasteiger partial charge in [-0.3, -0.25) is 0 Å². The molecule has 17 heavy (non-hydrogen) atoms. The van der Waals surface area contributed by atoms with Crippen LogP contribution in [0.4, 0.5) is 0 Å². The van der Waals surface area contributed by atoms with Crippen LogP contribution < -0.4 is 5.73 Å². The van der Waals surface area contributed by atoms with Crippen molar-refractivity contribution < 1.29 is 4.74 Å². The molecule has 4 nitrogen and oxygen atoms in total. The molecule has 3 rings (SSSR count). The van der Waals surface area contributed by atoms with Crippen molar-refractivity contribution in [3.63, 3.8) is 0 Å². The molecular weight excluding hydrogens is 214 g/mol. The Labute approximate surface area is 100 Å². The van der Waals surface area contributed by atoms with Gasteiger partial charge in [0.25, 0.3) is 0 Å². The Hall–Kier alpha value is -1.39. The Morgan fingerprint density at radius 3 is 2.94 bits per heavy atom. The van der Waals surface area contributed by atoms with Gasteiger partial charge >= 0.3 is 0 Å². The van der Waals surface area contributed by atoms with Crippen molar-refractivity contribution in [2.75, 3.05) is 13.7 Å². The number of imidazole rings is 1. The van der Waals surface area contributed by atoms with Crippen molar-refractivity contribution in [1.82, 2.24) is 9.55 Å². The third-order valence-corrected chi connectivity index (χ3v) is 3.21. The molecule has 90 valence electrons. The van der Waals surface area contributed by atoms with Crippen molar-refractivity contribution in [2.45, 2.75) is 24.9 Å². The minimum atomic E-state index is -0.145. The third kappa shape index (κ3) is 1.83. The van der Waals surface area contributed by atoms with Gasteiger partial charge in [-0.2, -0.15) is 0 Å². The van der Waals surface area contributed by atoms with Gasteiger partial charge in [0.1, 0.15) is 5.82 Å². The molecule has 0 saturated heterocycles. The normalized spacial score (nSPS) is 17.5. The van der Waals surface area contributed by atoms with E-state index in [4.69, 9.17) is 10.5 Å².